The molecule has 0 radical (unpaired) electrons. The van der Waals surface area contributed by atoms with E-state index in [1.54, 1.807) is 41.8 Å². The number of ether oxygens (including phenoxy) is 1. The van der Waals surface area contributed by atoms with E-state index in [9.17, 15) is 9.59 Å². The van der Waals surface area contributed by atoms with E-state index in [2.05, 4.69) is 10.1 Å². The van der Waals surface area contributed by atoms with Crippen LogP contribution in [0.2, 0.25) is 0 Å². The summed E-state index contributed by atoms with van der Waals surface area (Å²) < 4.78 is 4.61. The number of nitrogens with one attached hydrogen (secondary N) is 1. The topological polar surface area (TPSA) is 79.2 Å². The summed E-state index contributed by atoms with van der Waals surface area (Å²) in [6.45, 7) is 0. The lowest BCUT2D eigenvalue weighted by Crippen LogP contribution is -2.07. The summed E-state index contributed by atoms with van der Waals surface area (Å²) in [7, 11) is 1.32. The SMILES string of the molecule is COC(=O)c1ccc(/C=C/C(=O)Nc2sccc2C#N)cc1. The zero-order chi connectivity index (χ0) is 15.9. The zero-order valence-corrected chi connectivity index (χ0v) is 12.5. The van der Waals surface area contributed by atoms with Gasteiger partial charge in [-0.15, -0.1) is 11.3 Å². The summed E-state index contributed by atoms with van der Waals surface area (Å²) >= 11 is 1.29. The predicted molar refractivity (Wildman–Crippen MR) is 84.5 cm³/mol. The van der Waals surface area contributed by atoms with Crippen LogP contribution in [0.1, 0.15) is 21.5 Å². The summed E-state index contributed by atoms with van der Waals surface area (Å²) in [5.41, 5.74) is 1.66. The second-order valence-electron chi connectivity index (χ2n) is 4.21. The van der Waals surface area contributed by atoms with Crippen LogP contribution in [0.5, 0.6) is 0 Å². The molecule has 0 aliphatic carbocycles. The van der Waals surface area contributed by atoms with Gasteiger partial charge in [-0.25, -0.2) is 4.79 Å². The fourth-order valence-electron chi connectivity index (χ4n) is 1.67. The fraction of sp³-hybridized carbons (Fsp3) is 0.0625. The van der Waals surface area contributed by atoms with Crippen LogP contribution < -0.4 is 5.32 Å². The first-order chi connectivity index (χ1) is 10.6. The molecule has 1 amide bonds. The van der Waals surface area contributed by atoms with Gasteiger partial charge in [-0.1, -0.05) is 12.1 Å². The lowest BCUT2D eigenvalue weighted by molar-refractivity contribution is -0.111. The highest BCUT2D eigenvalue weighted by Crippen LogP contribution is 2.22. The van der Waals surface area contributed by atoms with Crippen LogP contribution in [-0.4, -0.2) is 19.0 Å². The number of carbonyl (C=O) groups excluding carboxylic acids is 2. The molecule has 0 spiro atoms. The number of methoxy groups -OCH3 is 1. The van der Waals surface area contributed by atoms with Gasteiger partial charge in [0, 0.05) is 6.08 Å². The number of amides is 1. The number of anilines is 1. The second-order valence-corrected chi connectivity index (χ2v) is 5.13. The first-order valence-electron chi connectivity index (χ1n) is 6.29. The smallest absolute Gasteiger partial charge is 0.337 e. The van der Waals surface area contributed by atoms with Crippen molar-refractivity contribution in [3.05, 3.63) is 58.5 Å². The number of hydrogen-bond acceptors (Lipinski definition) is 5. The van der Waals surface area contributed by atoms with Crippen molar-refractivity contribution in [1.82, 2.24) is 0 Å². The van der Waals surface area contributed by atoms with E-state index in [1.165, 1.54) is 24.5 Å². The number of thiophene rings is 1. The maximum atomic E-state index is 11.8. The van der Waals surface area contributed by atoms with Crippen molar-refractivity contribution in [3.8, 4) is 6.07 Å². The number of benzene rings is 1. The van der Waals surface area contributed by atoms with Crippen LogP contribution in [0, 0.1) is 11.3 Å². The summed E-state index contributed by atoms with van der Waals surface area (Å²) in [4.78, 5) is 23.1. The zero-order valence-electron chi connectivity index (χ0n) is 11.7. The Morgan fingerprint density at radius 3 is 2.64 bits per heavy atom. The Balaban J connectivity index is 2.01. The van der Waals surface area contributed by atoms with Gasteiger partial charge in [0.15, 0.2) is 0 Å². The van der Waals surface area contributed by atoms with E-state index in [1.807, 2.05) is 6.07 Å². The minimum atomic E-state index is -0.407. The predicted octanol–water partition coefficient (Wildman–Crippen LogP) is 3.06. The van der Waals surface area contributed by atoms with E-state index in [4.69, 9.17) is 5.26 Å². The molecule has 0 saturated carbocycles. The Kier molecular flexibility index (Phi) is 5.07. The molecule has 2 aromatic rings. The van der Waals surface area contributed by atoms with E-state index in [-0.39, 0.29) is 5.91 Å². The first kappa shape index (κ1) is 15.5. The molecular weight excluding hydrogens is 300 g/mol. The molecular formula is C16H12N2O3S. The monoisotopic (exact) mass is 312 g/mol. The van der Waals surface area contributed by atoms with Crippen molar-refractivity contribution >= 4 is 34.3 Å². The van der Waals surface area contributed by atoms with Crippen LogP contribution in [0.15, 0.2) is 41.8 Å². The molecule has 0 bridgehead atoms. The summed E-state index contributed by atoms with van der Waals surface area (Å²) in [6.07, 6.45) is 2.99. The Hall–Kier alpha value is -2.91. The lowest BCUT2D eigenvalue weighted by atomic mass is 10.1. The van der Waals surface area contributed by atoms with Crippen LogP contribution in [-0.2, 0) is 9.53 Å². The molecule has 0 aliphatic rings. The van der Waals surface area contributed by atoms with Crippen LogP contribution >= 0.6 is 11.3 Å². The quantitative estimate of drug-likeness (QED) is 0.695. The van der Waals surface area contributed by atoms with Crippen molar-refractivity contribution in [2.75, 3.05) is 12.4 Å². The first-order valence-corrected chi connectivity index (χ1v) is 7.17. The highest BCUT2D eigenvalue weighted by molar-refractivity contribution is 7.14. The molecule has 1 N–H and O–H groups in total. The molecule has 110 valence electrons. The summed E-state index contributed by atoms with van der Waals surface area (Å²) in [5, 5.41) is 13.8. The molecule has 0 fully saturated rings. The number of nitriles is 1. The number of esters is 1. The van der Waals surface area contributed by atoms with Crippen LogP contribution in [0.4, 0.5) is 5.00 Å². The van der Waals surface area contributed by atoms with Crippen molar-refractivity contribution < 1.29 is 14.3 Å². The minimum Gasteiger partial charge on any atom is -0.465 e. The van der Waals surface area contributed by atoms with E-state index in [0.29, 0.717) is 16.1 Å². The Morgan fingerprint density at radius 1 is 1.27 bits per heavy atom. The number of nitrogens with zero attached hydrogens (tertiary/aromatic N) is 1. The van der Waals surface area contributed by atoms with E-state index < -0.39 is 5.97 Å². The summed E-state index contributed by atoms with van der Waals surface area (Å²) in [5.74, 6) is -0.731. The number of carbonyl (C=O) groups is 2. The average Bonchev–Trinajstić information content (AvgIpc) is 2.99. The molecule has 1 aromatic heterocycles. The molecule has 0 atom stereocenters. The van der Waals surface area contributed by atoms with Gasteiger partial charge < -0.3 is 10.1 Å². The average molecular weight is 312 g/mol. The van der Waals surface area contributed by atoms with Crippen molar-refractivity contribution in [1.29, 1.82) is 5.26 Å². The van der Waals surface area contributed by atoms with Gasteiger partial charge in [0.2, 0.25) is 5.91 Å². The van der Waals surface area contributed by atoms with E-state index >= 15 is 0 Å². The molecule has 0 aliphatic heterocycles. The Bertz CT molecular complexity index is 754. The lowest BCUT2D eigenvalue weighted by Gasteiger charge is -2.00. The van der Waals surface area contributed by atoms with Crippen molar-refractivity contribution in [2.24, 2.45) is 0 Å². The van der Waals surface area contributed by atoms with Crippen LogP contribution in [0.3, 0.4) is 0 Å². The van der Waals surface area contributed by atoms with Gasteiger partial charge in [-0.05, 0) is 35.2 Å². The second kappa shape index (κ2) is 7.20. The van der Waals surface area contributed by atoms with Gasteiger partial charge in [0.25, 0.3) is 0 Å². The highest BCUT2D eigenvalue weighted by Gasteiger charge is 2.06. The van der Waals surface area contributed by atoms with Crippen LogP contribution in [0.25, 0.3) is 6.08 Å². The number of rotatable bonds is 4. The maximum Gasteiger partial charge on any atom is 0.337 e. The standard InChI is InChI=1S/C16H12N2O3S/c1-21-16(20)12-5-2-11(3-6-12)4-7-14(19)18-15-13(10-17)8-9-22-15/h2-9H,1H3,(H,18,19)/b7-4+. The van der Waals surface area contributed by atoms with Gasteiger partial charge in [0.05, 0.1) is 18.2 Å². The highest BCUT2D eigenvalue weighted by atomic mass is 32.1. The van der Waals surface area contributed by atoms with Gasteiger partial charge in [-0.3, -0.25) is 4.79 Å². The molecule has 1 aromatic carbocycles. The van der Waals surface area contributed by atoms with E-state index in [0.717, 1.165) is 5.56 Å². The molecule has 22 heavy (non-hydrogen) atoms. The molecule has 2 rings (SSSR count). The molecule has 0 unspecified atom stereocenters. The van der Waals surface area contributed by atoms with Crippen molar-refractivity contribution in [3.63, 3.8) is 0 Å². The molecule has 6 heteroatoms. The Labute approximate surface area is 131 Å². The largest absolute Gasteiger partial charge is 0.465 e. The summed E-state index contributed by atoms with van der Waals surface area (Å²) in [6, 6.07) is 10.3. The van der Waals surface area contributed by atoms with Gasteiger partial charge in [0.1, 0.15) is 11.1 Å². The maximum absolute atomic E-state index is 11.8. The number of hydrogen-bond donors (Lipinski definition) is 1. The minimum absolute atomic E-state index is 0.323. The van der Waals surface area contributed by atoms with Gasteiger partial charge >= 0.3 is 5.97 Å². The normalized spacial score (nSPS) is 10.2. The molecule has 0 saturated heterocycles. The molecule has 5 nitrogen and oxygen atoms in total. The third kappa shape index (κ3) is 3.81. The third-order valence-corrected chi connectivity index (χ3v) is 3.61. The molecule has 1 heterocycles. The third-order valence-electron chi connectivity index (χ3n) is 2.78. The fourth-order valence-corrected chi connectivity index (χ4v) is 2.41. The Morgan fingerprint density at radius 2 is 2.00 bits per heavy atom. The van der Waals surface area contributed by atoms with Gasteiger partial charge in [-0.2, -0.15) is 5.26 Å². The van der Waals surface area contributed by atoms with Crippen molar-refractivity contribution in [2.45, 2.75) is 0 Å².